The van der Waals surface area contributed by atoms with Crippen molar-refractivity contribution in [1.29, 1.82) is 0 Å². The first-order chi connectivity index (χ1) is 22.5. The van der Waals surface area contributed by atoms with Gasteiger partial charge in [-0.1, -0.05) is 127 Å². The summed E-state index contributed by atoms with van der Waals surface area (Å²) in [6, 6.07) is 52.4. The molecule has 0 N–H and O–H groups in total. The van der Waals surface area contributed by atoms with Crippen LogP contribution >= 0.6 is 15.9 Å². The Labute approximate surface area is 276 Å². The lowest BCUT2D eigenvalue weighted by Gasteiger charge is -2.32. The fraction of sp³-hybridized carbons (Fsp3) is 0.0698. The Bertz CT molecular complexity index is 2460. The Kier molecular flexibility index (Phi) is 6.03. The van der Waals surface area contributed by atoms with Gasteiger partial charge in [-0.25, -0.2) is 0 Å². The third-order valence-corrected chi connectivity index (χ3v) is 10.1. The Morgan fingerprint density at radius 3 is 2.09 bits per heavy atom. The zero-order chi connectivity index (χ0) is 31.0. The normalized spacial score (nSPS) is 13.3. The Morgan fingerprint density at radius 1 is 0.543 bits per heavy atom. The van der Waals surface area contributed by atoms with Crippen molar-refractivity contribution < 1.29 is 4.42 Å². The smallest absolute Gasteiger partial charge is 0.135 e. The van der Waals surface area contributed by atoms with Crippen molar-refractivity contribution >= 4 is 65.7 Å². The number of benzene rings is 7. The summed E-state index contributed by atoms with van der Waals surface area (Å²) in [5, 5.41) is 4.74. The third-order valence-electron chi connectivity index (χ3n) is 9.68. The van der Waals surface area contributed by atoms with Gasteiger partial charge in [0.2, 0.25) is 0 Å². The van der Waals surface area contributed by atoms with Crippen LogP contribution in [-0.4, -0.2) is 0 Å². The molecule has 0 unspecified atom stereocenters. The van der Waals surface area contributed by atoms with E-state index in [2.05, 4.69) is 168 Å². The highest BCUT2D eigenvalue weighted by Gasteiger charge is 2.39. The predicted octanol–water partition coefficient (Wildman–Crippen LogP) is 12.9. The maximum atomic E-state index is 6.24. The molecule has 9 rings (SSSR count). The molecule has 0 atom stereocenters. The molecule has 3 heteroatoms. The maximum Gasteiger partial charge on any atom is 0.135 e. The number of nitrogens with zero attached hydrogens (tertiary/aromatic N) is 1. The molecule has 0 saturated carbocycles. The van der Waals surface area contributed by atoms with Gasteiger partial charge in [-0.15, -0.1) is 0 Å². The second-order valence-corrected chi connectivity index (χ2v) is 13.6. The number of halogens is 1. The van der Waals surface area contributed by atoms with Crippen molar-refractivity contribution in [3.05, 3.63) is 161 Å². The minimum atomic E-state index is -0.185. The monoisotopic (exact) mass is 655 g/mol. The lowest BCUT2D eigenvalue weighted by molar-refractivity contribution is 0.660. The molecule has 1 aliphatic carbocycles. The zero-order valence-electron chi connectivity index (χ0n) is 25.6. The summed E-state index contributed by atoms with van der Waals surface area (Å²) < 4.78 is 7.30. The average Bonchev–Trinajstić information content (AvgIpc) is 3.57. The summed E-state index contributed by atoms with van der Waals surface area (Å²) in [4.78, 5) is 2.42. The van der Waals surface area contributed by atoms with Crippen molar-refractivity contribution in [2.45, 2.75) is 19.3 Å². The highest BCUT2D eigenvalue weighted by atomic mass is 79.9. The molecular formula is C43H30BrNO. The zero-order valence-corrected chi connectivity index (χ0v) is 27.2. The largest absolute Gasteiger partial charge is 0.456 e. The molecule has 1 aromatic heterocycles. The Hall–Kier alpha value is -5.12. The number of anilines is 3. The molecule has 1 aliphatic rings. The van der Waals surface area contributed by atoms with Crippen LogP contribution in [0.5, 0.6) is 0 Å². The summed E-state index contributed by atoms with van der Waals surface area (Å²) in [6.45, 7) is 4.70. The molecule has 2 nitrogen and oxygen atoms in total. The first-order valence-electron chi connectivity index (χ1n) is 15.7. The standard InChI is InChI=1S/C43H30BrNO/c1-43(2)38-16-7-5-13-34(38)37-24-29(44)25-39(42(37)43)45(31-22-23-41-36(26-31)35-14-6-8-17-40(35)46-41)30-20-18-28(19-21-30)33-15-9-11-27-10-3-4-12-32(27)33/h3-26H,1-2H3. The van der Waals surface area contributed by atoms with E-state index in [0.717, 1.165) is 43.5 Å². The SMILES string of the molecule is CC1(C)c2ccccc2-c2cc(Br)cc(N(c3ccc(-c4cccc5ccccc45)cc3)c3ccc4oc5ccccc5c4c3)c21. The average molecular weight is 657 g/mol. The van der Waals surface area contributed by atoms with E-state index in [4.69, 9.17) is 4.42 Å². The fourth-order valence-electron chi connectivity index (χ4n) is 7.58. The van der Waals surface area contributed by atoms with Crippen LogP contribution in [0, 0.1) is 0 Å². The van der Waals surface area contributed by atoms with Gasteiger partial charge in [0.25, 0.3) is 0 Å². The summed E-state index contributed by atoms with van der Waals surface area (Å²) in [5.74, 6) is 0. The number of hydrogen-bond donors (Lipinski definition) is 0. The van der Waals surface area contributed by atoms with Crippen LogP contribution in [0.15, 0.2) is 154 Å². The van der Waals surface area contributed by atoms with E-state index in [1.165, 1.54) is 44.2 Å². The van der Waals surface area contributed by atoms with E-state index in [1.807, 2.05) is 12.1 Å². The second-order valence-electron chi connectivity index (χ2n) is 12.7. The van der Waals surface area contributed by atoms with E-state index in [-0.39, 0.29) is 5.41 Å². The van der Waals surface area contributed by atoms with Gasteiger partial charge < -0.3 is 9.32 Å². The summed E-state index contributed by atoms with van der Waals surface area (Å²) in [5.41, 5.74) is 12.7. The lowest BCUT2D eigenvalue weighted by Crippen LogP contribution is -2.20. The molecule has 0 saturated heterocycles. The Morgan fingerprint density at radius 2 is 1.22 bits per heavy atom. The van der Waals surface area contributed by atoms with Crippen LogP contribution in [0.4, 0.5) is 17.1 Å². The number of fused-ring (bicyclic) bond motifs is 7. The highest BCUT2D eigenvalue weighted by Crippen LogP contribution is 2.55. The van der Waals surface area contributed by atoms with Gasteiger partial charge in [0.1, 0.15) is 11.2 Å². The van der Waals surface area contributed by atoms with Crippen molar-refractivity contribution in [3.63, 3.8) is 0 Å². The maximum absolute atomic E-state index is 6.24. The molecular weight excluding hydrogens is 626 g/mol. The molecule has 0 amide bonds. The number of para-hydroxylation sites is 1. The van der Waals surface area contributed by atoms with Crippen LogP contribution in [0.3, 0.4) is 0 Å². The first-order valence-corrected chi connectivity index (χ1v) is 16.5. The van der Waals surface area contributed by atoms with E-state index < -0.39 is 0 Å². The molecule has 0 spiro atoms. The number of hydrogen-bond acceptors (Lipinski definition) is 2. The van der Waals surface area contributed by atoms with Crippen LogP contribution in [0.2, 0.25) is 0 Å². The molecule has 0 bridgehead atoms. The van der Waals surface area contributed by atoms with Gasteiger partial charge in [-0.05, 0) is 92.7 Å². The van der Waals surface area contributed by atoms with Crippen LogP contribution in [0.1, 0.15) is 25.0 Å². The molecule has 0 radical (unpaired) electrons. The molecule has 46 heavy (non-hydrogen) atoms. The van der Waals surface area contributed by atoms with Gasteiger partial charge in [0.15, 0.2) is 0 Å². The van der Waals surface area contributed by atoms with Crippen LogP contribution < -0.4 is 4.90 Å². The number of rotatable bonds is 4. The van der Waals surface area contributed by atoms with Gasteiger partial charge in [-0.2, -0.15) is 0 Å². The minimum Gasteiger partial charge on any atom is -0.456 e. The summed E-state index contributed by atoms with van der Waals surface area (Å²) in [6.07, 6.45) is 0. The summed E-state index contributed by atoms with van der Waals surface area (Å²) >= 11 is 3.91. The van der Waals surface area contributed by atoms with Crippen LogP contribution in [-0.2, 0) is 5.41 Å². The predicted molar refractivity (Wildman–Crippen MR) is 197 cm³/mol. The minimum absolute atomic E-state index is 0.185. The van der Waals surface area contributed by atoms with Gasteiger partial charge in [-0.3, -0.25) is 0 Å². The van der Waals surface area contributed by atoms with Gasteiger partial charge >= 0.3 is 0 Å². The highest BCUT2D eigenvalue weighted by molar-refractivity contribution is 9.10. The van der Waals surface area contributed by atoms with Crippen LogP contribution in [0.25, 0.3) is 55.0 Å². The molecule has 220 valence electrons. The topological polar surface area (TPSA) is 16.4 Å². The van der Waals surface area contributed by atoms with E-state index >= 15 is 0 Å². The molecule has 8 aromatic rings. The third kappa shape index (κ3) is 4.08. The van der Waals surface area contributed by atoms with E-state index in [1.54, 1.807) is 0 Å². The van der Waals surface area contributed by atoms with Gasteiger partial charge in [0, 0.05) is 32.0 Å². The molecule has 7 aromatic carbocycles. The summed E-state index contributed by atoms with van der Waals surface area (Å²) in [7, 11) is 0. The number of furan rings is 1. The quantitative estimate of drug-likeness (QED) is 0.187. The Balaban J connectivity index is 1.28. The van der Waals surface area contributed by atoms with Crippen molar-refractivity contribution in [3.8, 4) is 22.3 Å². The first kappa shape index (κ1) is 27.2. The van der Waals surface area contributed by atoms with Crippen molar-refractivity contribution in [2.24, 2.45) is 0 Å². The molecule has 0 fully saturated rings. The van der Waals surface area contributed by atoms with Gasteiger partial charge in [0.05, 0.1) is 5.69 Å². The van der Waals surface area contributed by atoms with E-state index in [0.29, 0.717) is 0 Å². The second kappa shape index (κ2) is 10.2. The molecule has 0 aliphatic heterocycles. The lowest BCUT2D eigenvalue weighted by atomic mass is 9.81. The fourth-order valence-corrected chi connectivity index (χ4v) is 8.03. The van der Waals surface area contributed by atoms with E-state index in [9.17, 15) is 0 Å². The van der Waals surface area contributed by atoms with Crippen molar-refractivity contribution in [1.82, 2.24) is 0 Å². The molecule has 1 heterocycles. The van der Waals surface area contributed by atoms with Crippen molar-refractivity contribution in [2.75, 3.05) is 4.90 Å².